The fourth-order valence-corrected chi connectivity index (χ4v) is 3.94. The fraction of sp³-hybridized carbons (Fsp3) is 0.647. The average molecular weight is 273 g/mol. The maximum atomic E-state index is 9.91. The molecule has 0 radical (unpaired) electrons. The Labute approximate surface area is 120 Å². The minimum Gasteiger partial charge on any atom is -0.508 e. The Bertz CT molecular complexity index is 502. The van der Waals surface area contributed by atoms with Gasteiger partial charge in [-0.1, -0.05) is 12.5 Å². The Morgan fingerprint density at radius 1 is 1.15 bits per heavy atom. The maximum absolute atomic E-state index is 9.91. The molecule has 0 aromatic heterocycles. The first-order chi connectivity index (χ1) is 9.76. The summed E-state index contributed by atoms with van der Waals surface area (Å²) in [6, 6.07) is 6.51. The van der Waals surface area contributed by atoms with Gasteiger partial charge < -0.3 is 14.7 Å². The van der Waals surface area contributed by atoms with Crippen LogP contribution in [0.2, 0.25) is 0 Å². The van der Waals surface area contributed by atoms with Crippen LogP contribution in [0.15, 0.2) is 18.2 Å². The quantitative estimate of drug-likeness (QED) is 0.853. The second kappa shape index (κ2) is 4.66. The molecule has 1 aromatic rings. The molecule has 1 N–H and O–H groups in total. The van der Waals surface area contributed by atoms with Gasteiger partial charge in [-0.3, -0.25) is 0 Å². The SMILES string of the molecule is Oc1cccc2c1CCC1(CCN(C3CCC3)CC1)O2. The van der Waals surface area contributed by atoms with Crippen LogP contribution in [0.4, 0.5) is 0 Å². The van der Waals surface area contributed by atoms with Crippen LogP contribution >= 0.6 is 0 Å². The molecular formula is C17H23NO2. The highest BCUT2D eigenvalue weighted by Crippen LogP contribution is 2.43. The third-order valence-electron chi connectivity index (χ3n) is 5.57. The molecule has 0 unspecified atom stereocenters. The van der Waals surface area contributed by atoms with Gasteiger partial charge in [0, 0.05) is 24.7 Å². The molecule has 4 rings (SSSR count). The molecule has 0 atom stereocenters. The zero-order valence-electron chi connectivity index (χ0n) is 12.0. The molecule has 1 spiro atoms. The second-order valence-corrected chi connectivity index (χ2v) is 6.66. The van der Waals surface area contributed by atoms with Crippen LogP contribution < -0.4 is 4.74 Å². The average Bonchev–Trinajstić information content (AvgIpc) is 2.40. The van der Waals surface area contributed by atoms with E-state index in [-0.39, 0.29) is 5.60 Å². The van der Waals surface area contributed by atoms with Gasteiger partial charge >= 0.3 is 0 Å². The van der Waals surface area contributed by atoms with Crippen molar-refractivity contribution in [2.75, 3.05) is 13.1 Å². The topological polar surface area (TPSA) is 32.7 Å². The molecule has 1 saturated heterocycles. The molecular weight excluding hydrogens is 250 g/mol. The number of phenols is 1. The van der Waals surface area contributed by atoms with Gasteiger partial charge in [-0.25, -0.2) is 0 Å². The molecule has 3 aliphatic rings. The number of benzene rings is 1. The standard InChI is InChI=1S/C17H23NO2/c19-15-5-2-6-16-14(15)7-8-17(20-16)9-11-18(12-10-17)13-3-1-4-13/h2,5-6,13,19H,1,3-4,7-12H2. The highest BCUT2D eigenvalue weighted by molar-refractivity contribution is 5.45. The minimum absolute atomic E-state index is 0.0288. The summed E-state index contributed by atoms with van der Waals surface area (Å²) >= 11 is 0. The van der Waals surface area contributed by atoms with Crippen molar-refractivity contribution in [1.29, 1.82) is 0 Å². The summed E-state index contributed by atoms with van der Waals surface area (Å²) in [4.78, 5) is 2.66. The van der Waals surface area contributed by atoms with Crippen molar-refractivity contribution in [3.63, 3.8) is 0 Å². The largest absolute Gasteiger partial charge is 0.508 e. The summed E-state index contributed by atoms with van der Waals surface area (Å²) in [5, 5.41) is 9.91. The predicted octanol–water partition coefficient (Wildman–Crippen LogP) is 3.10. The monoisotopic (exact) mass is 273 g/mol. The predicted molar refractivity (Wildman–Crippen MR) is 78.2 cm³/mol. The van der Waals surface area contributed by atoms with Gasteiger partial charge in [-0.15, -0.1) is 0 Å². The van der Waals surface area contributed by atoms with E-state index in [9.17, 15) is 5.11 Å². The number of rotatable bonds is 1. The summed E-state index contributed by atoms with van der Waals surface area (Å²) in [6.45, 7) is 2.36. The Morgan fingerprint density at radius 3 is 2.65 bits per heavy atom. The van der Waals surface area contributed by atoms with Crippen LogP contribution in [0.5, 0.6) is 11.5 Å². The van der Waals surface area contributed by atoms with E-state index in [0.717, 1.165) is 43.0 Å². The van der Waals surface area contributed by atoms with Crippen molar-refractivity contribution < 1.29 is 9.84 Å². The maximum Gasteiger partial charge on any atom is 0.127 e. The Hall–Kier alpha value is -1.22. The molecule has 2 heterocycles. The van der Waals surface area contributed by atoms with E-state index in [2.05, 4.69) is 4.90 Å². The first-order valence-corrected chi connectivity index (χ1v) is 8.00. The zero-order valence-corrected chi connectivity index (χ0v) is 12.0. The minimum atomic E-state index is 0.0288. The molecule has 3 heteroatoms. The van der Waals surface area contributed by atoms with Gasteiger partial charge in [0.05, 0.1) is 0 Å². The van der Waals surface area contributed by atoms with Gasteiger partial charge in [0.2, 0.25) is 0 Å². The number of hydrogen-bond donors (Lipinski definition) is 1. The molecule has 1 saturated carbocycles. The van der Waals surface area contributed by atoms with Crippen LogP contribution in [0.3, 0.4) is 0 Å². The Morgan fingerprint density at radius 2 is 1.95 bits per heavy atom. The second-order valence-electron chi connectivity index (χ2n) is 6.66. The molecule has 1 aromatic carbocycles. The van der Waals surface area contributed by atoms with E-state index in [1.54, 1.807) is 6.07 Å². The number of nitrogens with zero attached hydrogens (tertiary/aromatic N) is 1. The number of fused-ring (bicyclic) bond motifs is 1. The molecule has 3 nitrogen and oxygen atoms in total. The number of piperidine rings is 1. The third-order valence-corrected chi connectivity index (χ3v) is 5.57. The Kier molecular flexibility index (Phi) is 2.92. The first-order valence-electron chi connectivity index (χ1n) is 8.00. The van der Waals surface area contributed by atoms with E-state index >= 15 is 0 Å². The van der Waals surface area contributed by atoms with Crippen molar-refractivity contribution in [2.45, 2.75) is 56.6 Å². The van der Waals surface area contributed by atoms with E-state index < -0.39 is 0 Å². The van der Waals surface area contributed by atoms with Crippen LogP contribution in [0, 0.1) is 0 Å². The van der Waals surface area contributed by atoms with E-state index in [1.165, 1.54) is 32.4 Å². The highest BCUT2D eigenvalue weighted by Gasteiger charge is 2.41. The van der Waals surface area contributed by atoms with Crippen molar-refractivity contribution in [3.8, 4) is 11.5 Å². The lowest BCUT2D eigenvalue weighted by Crippen LogP contribution is -2.53. The van der Waals surface area contributed by atoms with Crippen LogP contribution in [-0.4, -0.2) is 34.7 Å². The van der Waals surface area contributed by atoms with E-state index in [0.29, 0.717) is 5.75 Å². The number of ether oxygens (including phenoxy) is 1. The van der Waals surface area contributed by atoms with Crippen LogP contribution in [0.1, 0.15) is 44.1 Å². The van der Waals surface area contributed by atoms with Gasteiger partial charge in [0.25, 0.3) is 0 Å². The summed E-state index contributed by atoms with van der Waals surface area (Å²) in [7, 11) is 0. The summed E-state index contributed by atoms with van der Waals surface area (Å²) in [5.41, 5.74) is 1.03. The lowest BCUT2D eigenvalue weighted by molar-refractivity contribution is -0.0339. The molecule has 0 bridgehead atoms. The lowest BCUT2D eigenvalue weighted by atomic mass is 9.81. The summed E-state index contributed by atoms with van der Waals surface area (Å²) in [6.07, 6.45) is 8.48. The number of aromatic hydroxyl groups is 1. The first kappa shape index (κ1) is 12.5. The molecule has 2 aliphatic heterocycles. The number of phenolic OH excluding ortho intramolecular Hbond substituents is 1. The lowest BCUT2D eigenvalue weighted by Gasteiger charge is -2.48. The third kappa shape index (κ3) is 1.99. The molecule has 0 amide bonds. The summed E-state index contributed by atoms with van der Waals surface area (Å²) < 4.78 is 6.33. The fourth-order valence-electron chi connectivity index (χ4n) is 3.94. The highest BCUT2D eigenvalue weighted by atomic mass is 16.5. The van der Waals surface area contributed by atoms with Crippen molar-refractivity contribution in [1.82, 2.24) is 4.90 Å². The summed E-state index contributed by atoms with van der Waals surface area (Å²) in [5.74, 6) is 1.30. The number of likely N-dealkylation sites (tertiary alicyclic amines) is 1. The van der Waals surface area contributed by atoms with Crippen molar-refractivity contribution in [3.05, 3.63) is 23.8 Å². The molecule has 1 aliphatic carbocycles. The molecule has 20 heavy (non-hydrogen) atoms. The normalized spacial score (nSPS) is 25.8. The molecule has 108 valence electrons. The smallest absolute Gasteiger partial charge is 0.127 e. The van der Waals surface area contributed by atoms with Crippen LogP contribution in [-0.2, 0) is 6.42 Å². The van der Waals surface area contributed by atoms with Crippen LogP contribution in [0.25, 0.3) is 0 Å². The zero-order chi connectivity index (χ0) is 13.6. The van der Waals surface area contributed by atoms with Gasteiger partial charge in [-0.05, 0) is 50.7 Å². The van der Waals surface area contributed by atoms with E-state index in [4.69, 9.17) is 4.74 Å². The van der Waals surface area contributed by atoms with Gasteiger partial charge in [-0.2, -0.15) is 0 Å². The Balaban J connectivity index is 1.48. The van der Waals surface area contributed by atoms with Crippen molar-refractivity contribution in [2.24, 2.45) is 0 Å². The van der Waals surface area contributed by atoms with Crippen molar-refractivity contribution >= 4 is 0 Å². The van der Waals surface area contributed by atoms with Gasteiger partial charge in [0.15, 0.2) is 0 Å². The number of hydrogen-bond acceptors (Lipinski definition) is 3. The molecule has 2 fully saturated rings. The van der Waals surface area contributed by atoms with E-state index in [1.807, 2.05) is 12.1 Å². The van der Waals surface area contributed by atoms with Gasteiger partial charge in [0.1, 0.15) is 17.1 Å².